The number of thioether (sulfide) groups is 1. The monoisotopic (exact) mass is 486 g/mol. The molecule has 0 aromatic heterocycles. The SMILES string of the molecule is CN(CCOc1ccc(CC2SC(=O)NC2=O)cc1)C(=O)CCCC1CC[C@H]2CCCC[C@@H]2C1. The molecule has 0 bridgehead atoms. The zero-order valence-corrected chi connectivity index (χ0v) is 21.1. The van der Waals surface area contributed by atoms with Crippen LogP contribution in [0.25, 0.3) is 0 Å². The summed E-state index contributed by atoms with van der Waals surface area (Å²) < 4.78 is 5.81. The molecule has 1 N–H and O–H groups in total. The van der Waals surface area contributed by atoms with Gasteiger partial charge in [0.1, 0.15) is 12.4 Å². The smallest absolute Gasteiger partial charge is 0.286 e. The molecule has 3 amide bonds. The summed E-state index contributed by atoms with van der Waals surface area (Å²) in [7, 11) is 1.85. The average Bonchev–Trinajstić information content (AvgIpc) is 3.16. The molecule has 2 aliphatic carbocycles. The van der Waals surface area contributed by atoms with Crippen LogP contribution < -0.4 is 10.1 Å². The summed E-state index contributed by atoms with van der Waals surface area (Å²) in [6, 6.07) is 7.58. The first-order valence-corrected chi connectivity index (χ1v) is 13.8. The molecule has 1 heterocycles. The Balaban J connectivity index is 1.09. The standard InChI is InChI=1S/C27H38N2O4S/c1-29(25(30)8-4-5-19-9-12-21-6-2-3-7-22(21)17-19)15-16-33-23-13-10-20(11-14-23)18-24-26(31)28-27(32)34-24/h10-11,13-14,19,21-22,24H,2-9,12,15-18H2,1H3,(H,28,31,32)/t19?,21-,22-,24?/m1/s1. The zero-order valence-electron chi connectivity index (χ0n) is 20.3. The van der Waals surface area contributed by atoms with Crippen LogP contribution in [0.1, 0.15) is 69.8 Å². The van der Waals surface area contributed by atoms with Gasteiger partial charge in [-0.15, -0.1) is 0 Å². The van der Waals surface area contributed by atoms with Gasteiger partial charge in [0.15, 0.2) is 0 Å². The first-order valence-electron chi connectivity index (χ1n) is 12.9. The van der Waals surface area contributed by atoms with E-state index in [0.717, 1.165) is 47.2 Å². The molecule has 34 heavy (non-hydrogen) atoms. The quantitative estimate of drug-likeness (QED) is 0.492. The largest absolute Gasteiger partial charge is 0.492 e. The van der Waals surface area contributed by atoms with Gasteiger partial charge >= 0.3 is 0 Å². The number of carbonyl (C=O) groups excluding carboxylic acids is 3. The van der Waals surface area contributed by atoms with E-state index in [9.17, 15) is 14.4 Å². The van der Waals surface area contributed by atoms with Gasteiger partial charge in [-0.3, -0.25) is 19.7 Å². The summed E-state index contributed by atoms with van der Waals surface area (Å²) >= 11 is 1.04. The first kappa shape index (κ1) is 25.1. The second-order valence-electron chi connectivity index (χ2n) is 10.3. The Morgan fingerprint density at radius 2 is 1.85 bits per heavy atom. The molecule has 1 saturated heterocycles. The lowest BCUT2D eigenvalue weighted by Crippen LogP contribution is -2.31. The molecule has 2 unspecified atom stereocenters. The Labute approximate surface area is 207 Å². The number of rotatable bonds is 10. The van der Waals surface area contributed by atoms with Crippen molar-refractivity contribution in [1.82, 2.24) is 10.2 Å². The van der Waals surface area contributed by atoms with E-state index in [2.05, 4.69) is 5.32 Å². The third-order valence-electron chi connectivity index (χ3n) is 7.88. The van der Waals surface area contributed by atoms with Gasteiger partial charge in [0.2, 0.25) is 11.8 Å². The second kappa shape index (κ2) is 12.1. The molecule has 6 nitrogen and oxygen atoms in total. The van der Waals surface area contributed by atoms with Crippen LogP contribution in [0.5, 0.6) is 5.75 Å². The molecule has 0 spiro atoms. The van der Waals surface area contributed by atoms with Crippen LogP contribution in [0.3, 0.4) is 0 Å². The second-order valence-corrected chi connectivity index (χ2v) is 11.4. The summed E-state index contributed by atoms with van der Waals surface area (Å²) in [6.07, 6.45) is 13.3. The van der Waals surface area contributed by atoms with E-state index in [4.69, 9.17) is 4.74 Å². The van der Waals surface area contributed by atoms with E-state index in [1.54, 1.807) is 4.90 Å². The molecule has 2 saturated carbocycles. The molecule has 1 aliphatic heterocycles. The van der Waals surface area contributed by atoms with Crippen molar-refractivity contribution in [2.45, 2.75) is 75.9 Å². The molecule has 7 heteroatoms. The van der Waals surface area contributed by atoms with E-state index in [1.165, 1.54) is 51.4 Å². The Bertz CT molecular complexity index is 859. The molecule has 3 aliphatic rings. The van der Waals surface area contributed by atoms with Crippen molar-refractivity contribution >= 4 is 28.8 Å². The van der Waals surface area contributed by atoms with E-state index in [-0.39, 0.29) is 22.3 Å². The van der Waals surface area contributed by atoms with Crippen molar-refractivity contribution < 1.29 is 19.1 Å². The molecular weight excluding hydrogens is 448 g/mol. The zero-order chi connectivity index (χ0) is 23.9. The van der Waals surface area contributed by atoms with Crippen molar-refractivity contribution in [2.24, 2.45) is 17.8 Å². The lowest BCUT2D eigenvalue weighted by molar-refractivity contribution is -0.130. The average molecular weight is 487 g/mol. The summed E-state index contributed by atoms with van der Waals surface area (Å²) in [4.78, 5) is 37.3. The Kier molecular flexibility index (Phi) is 8.92. The topological polar surface area (TPSA) is 75.7 Å². The molecule has 1 aromatic carbocycles. The number of benzene rings is 1. The van der Waals surface area contributed by atoms with Crippen LogP contribution >= 0.6 is 11.8 Å². The fourth-order valence-corrected chi connectivity index (χ4v) is 6.71. The fourth-order valence-electron chi connectivity index (χ4n) is 5.85. The molecule has 4 atom stereocenters. The van der Waals surface area contributed by atoms with E-state index in [1.807, 2.05) is 31.3 Å². The third kappa shape index (κ3) is 7.00. The third-order valence-corrected chi connectivity index (χ3v) is 8.87. The lowest BCUT2D eigenvalue weighted by Gasteiger charge is -2.39. The van der Waals surface area contributed by atoms with Gasteiger partial charge < -0.3 is 9.64 Å². The highest BCUT2D eigenvalue weighted by molar-refractivity contribution is 8.15. The van der Waals surface area contributed by atoms with Gasteiger partial charge in [0, 0.05) is 13.5 Å². The number of nitrogens with one attached hydrogen (secondary N) is 1. The fraction of sp³-hybridized carbons (Fsp3) is 0.667. The number of ether oxygens (including phenoxy) is 1. The molecule has 186 valence electrons. The summed E-state index contributed by atoms with van der Waals surface area (Å²) in [6.45, 7) is 1.01. The summed E-state index contributed by atoms with van der Waals surface area (Å²) in [5.41, 5.74) is 0.985. The van der Waals surface area contributed by atoms with Crippen LogP contribution in [0.15, 0.2) is 24.3 Å². The molecular formula is C27H38N2O4S. The van der Waals surface area contributed by atoms with E-state index < -0.39 is 0 Å². The number of carbonyl (C=O) groups is 3. The van der Waals surface area contributed by atoms with Crippen molar-refractivity contribution in [1.29, 1.82) is 0 Å². The number of amides is 3. The number of nitrogens with zero attached hydrogens (tertiary/aromatic N) is 1. The van der Waals surface area contributed by atoms with Crippen LogP contribution in [-0.2, 0) is 16.0 Å². The van der Waals surface area contributed by atoms with Gasteiger partial charge in [0.05, 0.1) is 11.8 Å². The van der Waals surface area contributed by atoms with Gasteiger partial charge in [-0.1, -0.05) is 56.0 Å². The maximum absolute atomic E-state index is 12.5. The van der Waals surface area contributed by atoms with Crippen LogP contribution in [-0.4, -0.2) is 47.4 Å². The van der Waals surface area contributed by atoms with Crippen LogP contribution in [0.2, 0.25) is 0 Å². The van der Waals surface area contributed by atoms with Gasteiger partial charge in [-0.25, -0.2) is 0 Å². The van der Waals surface area contributed by atoms with Crippen LogP contribution in [0, 0.1) is 17.8 Å². The number of hydrogen-bond donors (Lipinski definition) is 1. The van der Waals surface area contributed by atoms with Gasteiger partial charge in [0.25, 0.3) is 5.24 Å². The number of likely N-dealkylation sites (N-methyl/N-ethyl adjacent to an activating group) is 1. The van der Waals surface area contributed by atoms with E-state index >= 15 is 0 Å². The Morgan fingerprint density at radius 1 is 1.09 bits per heavy atom. The highest BCUT2D eigenvalue weighted by Gasteiger charge is 2.32. The highest BCUT2D eigenvalue weighted by atomic mass is 32.2. The number of fused-ring (bicyclic) bond motifs is 1. The molecule has 1 aromatic rings. The van der Waals surface area contributed by atoms with Crippen LogP contribution in [0.4, 0.5) is 4.79 Å². The van der Waals surface area contributed by atoms with Crippen molar-refractivity contribution in [3.8, 4) is 5.75 Å². The van der Waals surface area contributed by atoms with Crippen molar-refractivity contribution in [3.05, 3.63) is 29.8 Å². The summed E-state index contributed by atoms with van der Waals surface area (Å²) in [5.74, 6) is 3.50. The van der Waals surface area contributed by atoms with Gasteiger partial charge in [-0.05, 0) is 67.6 Å². The normalized spacial score (nSPS) is 26.6. The van der Waals surface area contributed by atoms with Gasteiger partial charge in [-0.2, -0.15) is 0 Å². The predicted octanol–water partition coefficient (Wildman–Crippen LogP) is 5.19. The predicted molar refractivity (Wildman–Crippen MR) is 135 cm³/mol. The van der Waals surface area contributed by atoms with Crippen molar-refractivity contribution in [3.63, 3.8) is 0 Å². The molecule has 0 radical (unpaired) electrons. The number of hydrogen-bond acceptors (Lipinski definition) is 5. The Morgan fingerprint density at radius 3 is 2.59 bits per heavy atom. The minimum absolute atomic E-state index is 0.201. The van der Waals surface area contributed by atoms with Crippen molar-refractivity contribution in [2.75, 3.05) is 20.2 Å². The Hall–Kier alpha value is -2.02. The molecule has 3 fully saturated rings. The van der Waals surface area contributed by atoms with E-state index in [0.29, 0.717) is 26.0 Å². The highest BCUT2D eigenvalue weighted by Crippen LogP contribution is 2.43. The maximum Gasteiger partial charge on any atom is 0.286 e. The first-order chi connectivity index (χ1) is 16.5. The minimum Gasteiger partial charge on any atom is -0.492 e. The lowest BCUT2D eigenvalue weighted by atomic mass is 9.67. The maximum atomic E-state index is 12.5. The number of imide groups is 1. The molecule has 4 rings (SSSR count). The summed E-state index contributed by atoms with van der Waals surface area (Å²) in [5, 5.41) is 1.68. The minimum atomic E-state index is -0.360.